The lowest BCUT2D eigenvalue weighted by atomic mass is 11.2. The van der Waals surface area contributed by atoms with E-state index in [0.29, 0.717) is 12.5 Å². The summed E-state index contributed by atoms with van der Waals surface area (Å²) in [4.78, 5) is 0. The van der Waals surface area contributed by atoms with Crippen LogP contribution in [0.15, 0.2) is 25.7 Å². The highest BCUT2D eigenvalue weighted by Crippen LogP contribution is 1.82. The third-order valence-electron chi connectivity index (χ3n) is 0.379. The zero-order valence-electron chi connectivity index (χ0n) is 7.95. The largest absolute Gasteiger partial charge is 0.445 e. The quantitative estimate of drug-likeness (QED) is 0.497. The summed E-state index contributed by atoms with van der Waals surface area (Å²) in [5.74, 6) is 0. The molecule has 17 heavy (non-hydrogen) atoms. The Morgan fingerprint density at radius 3 is 1.06 bits per heavy atom. The summed E-state index contributed by atoms with van der Waals surface area (Å²) in [7, 11) is -8.58. The Kier molecular flexibility index (Phi) is 13.9. The smallest absolute Gasteiger partial charge is 0.370 e. The molecule has 0 aromatic rings. The maximum absolute atomic E-state index is 9.49. The van der Waals surface area contributed by atoms with Crippen LogP contribution in [-0.4, -0.2) is 34.4 Å². The van der Waals surface area contributed by atoms with Gasteiger partial charge in [0.25, 0.3) is 0 Å². The molecule has 102 valence electrons. The topological polar surface area (TPSA) is 161 Å². The molecule has 0 heterocycles. The summed E-state index contributed by atoms with van der Waals surface area (Å²) >= 11 is -0.750. The molecule has 0 atom stereocenters. The number of rotatable bonds is 4. The second-order valence-corrected chi connectivity index (χ2v) is 3.68. The number of hydrogen-bond donors (Lipinski definition) is 2. The summed E-state index contributed by atoms with van der Waals surface area (Å²) in [6, 6.07) is 0. The Morgan fingerprint density at radius 2 is 1.06 bits per heavy atom. The fourth-order valence-corrected chi connectivity index (χ4v) is 0.516. The van der Waals surface area contributed by atoms with Crippen molar-refractivity contribution in [3.63, 3.8) is 0 Å². The lowest BCUT2D eigenvalue weighted by Crippen LogP contribution is -1.96. The molecule has 0 aliphatic rings. The SMILES string of the molecule is C=COS(=O)(=O)O.C=COS(=O)(=O)O.O=S=O. The standard InChI is InChI=1S/2C2H4O4S.O2S/c2*1-2-6-7(3,4)5;1-3-2/h2*2H,1H2,(H,3,4,5);. The third kappa shape index (κ3) is 52.7. The van der Waals surface area contributed by atoms with Gasteiger partial charge in [0, 0.05) is 0 Å². The van der Waals surface area contributed by atoms with Crippen molar-refractivity contribution < 1.29 is 42.7 Å². The molecular formula is C4H8O10S3. The summed E-state index contributed by atoms with van der Waals surface area (Å²) in [6.07, 6.45) is 1.24. The second kappa shape index (κ2) is 11.2. The van der Waals surface area contributed by atoms with Gasteiger partial charge >= 0.3 is 32.4 Å². The highest BCUT2D eigenvalue weighted by atomic mass is 32.3. The van der Waals surface area contributed by atoms with Crippen LogP contribution in [0.2, 0.25) is 0 Å². The van der Waals surface area contributed by atoms with E-state index in [4.69, 9.17) is 17.5 Å². The van der Waals surface area contributed by atoms with E-state index in [1.165, 1.54) is 0 Å². The van der Waals surface area contributed by atoms with Gasteiger partial charge < -0.3 is 8.37 Å². The van der Waals surface area contributed by atoms with E-state index in [1.807, 2.05) is 0 Å². The van der Waals surface area contributed by atoms with Crippen molar-refractivity contribution in [2.45, 2.75) is 0 Å². The van der Waals surface area contributed by atoms with Crippen LogP contribution in [0.4, 0.5) is 0 Å². The maximum Gasteiger partial charge on any atom is 0.445 e. The van der Waals surface area contributed by atoms with Gasteiger partial charge in [-0.3, -0.25) is 9.11 Å². The molecule has 0 aromatic carbocycles. The molecule has 0 spiro atoms. The normalized spacial score (nSPS) is 9.29. The summed E-state index contributed by atoms with van der Waals surface area (Å²) in [5, 5.41) is 0. The van der Waals surface area contributed by atoms with E-state index in [-0.39, 0.29) is 0 Å². The first-order valence-corrected chi connectivity index (χ1v) is 6.38. The van der Waals surface area contributed by atoms with Crippen molar-refractivity contribution in [2.24, 2.45) is 0 Å². The van der Waals surface area contributed by atoms with Gasteiger partial charge in [-0.15, -0.1) is 0 Å². The lowest BCUT2D eigenvalue weighted by molar-refractivity contribution is 0.354. The Balaban J connectivity index is -0.000000188. The van der Waals surface area contributed by atoms with E-state index in [1.54, 1.807) is 0 Å². The van der Waals surface area contributed by atoms with Gasteiger partial charge in [-0.1, -0.05) is 13.2 Å². The molecule has 0 aromatic heterocycles. The molecular weight excluding hydrogens is 304 g/mol. The molecule has 2 N–H and O–H groups in total. The Morgan fingerprint density at radius 1 is 0.882 bits per heavy atom. The van der Waals surface area contributed by atoms with Crippen LogP contribution in [0.3, 0.4) is 0 Å². The van der Waals surface area contributed by atoms with Gasteiger partial charge in [0.15, 0.2) is 0 Å². The highest BCUT2D eigenvalue weighted by Gasteiger charge is 1.96. The molecule has 0 fully saturated rings. The van der Waals surface area contributed by atoms with Crippen molar-refractivity contribution in [1.82, 2.24) is 0 Å². The Labute approximate surface area is 101 Å². The molecule has 0 amide bonds. The van der Waals surface area contributed by atoms with Crippen molar-refractivity contribution in [3.8, 4) is 0 Å². The second-order valence-electron chi connectivity index (χ2n) is 1.45. The first-order chi connectivity index (χ1) is 7.54. The first-order valence-electron chi connectivity index (χ1n) is 2.99. The number of hydrogen-bond acceptors (Lipinski definition) is 8. The van der Waals surface area contributed by atoms with Crippen molar-refractivity contribution in [3.05, 3.63) is 25.7 Å². The van der Waals surface area contributed by atoms with Crippen LogP contribution in [0.1, 0.15) is 0 Å². The van der Waals surface area contributed by atoms with Crippen LogP contribution >= 0.6 is 0 Å². The monoisotopic (exact) mass is 312 g/mol. The van der Waals surface area contributed by atoms with Crippen molar-refractivity contribution >= 4 is 32.4 Å². The zero-order chi connectivity index (χ0) is 14.5. The molecule has 0 rings (SSSR count). The van der Waals surface area contributed by atoms with Gasteiger partial charge in [-0.05, 0) is 0 Å². The Hall–Kier alpha value is -1.28. The van der Waals surface area contributed by atoms with E-state index in [0.717, 1.165) is 0 Å². The average Bonchev–Trinajstić information content (AvgIpc) is 2.01. The van der Waals surface area contributed by atoms with E-state index >= 15 is 0 Å². The Bertz CT molecular complexity index is 400. The van der Waals surface area contributed by atoms with Crippen LogP contribution in [-0.2, 0) is 40.7 Å². The first kappa shape index (κ1) is 21.1. The highest BCUT2D eigenvalue weighted by molar-refractivity contribution is 7.81. The zero-order valence-corrected chi connectivity index (χ0v) is 10.4. The van der Waals surface area contributed by atoms with Crippen molar-refractivity contribution in [1.29, 1.82) is 0 Å². The lowest BCUT2D eigenvalue weighted by Gasteiger charge is -1.87. The average molecular weight is 312 g/mol. The van der Waals surface area contributed by atoms with Gasteiger partial charge in [-0.25, -0.2) is 0 Å². The molecule has 0 saturated carbocycles. The summed E-state index contributed by atoms with van der Waals surface area (Å²) in [5.41, 5.74) is 0. The molecule has 0 aliphatic carbocycles. The van der Waals surface area contributed by atoms with Crippen LogP contribution < -0.4 is 0 Å². The maximum atomic E-state index is 9.49. The minimum atomic E-state index is -4.29. The minimum absolute atomic E-state index is 0.620. The van der Waals surface area contributed by atoms with Crippen molar-refractivity contribution in [2.75, 3.05) is 0 Å². The van der Waals surface area contributed by atoms with E-state index < -0.39 is 32.4 Å². The predicted molar refractivity (Wildman–Crippen MR) is 54.6 cm³/mol. The minimum Gasteiger partial charge on any atom is -0.370 e. The molecule has 13 heteroatoms. The van der Waals surface area contributed by atoms with Crippen LogP contribution in [0.5, 0.6) is 0 Å². The van der Waals surface area contributed by atoms with E-state index in [9.17, 15) is 16.8 Å². The molecule has 0 bridgehead atoms. The molecule has 0 aliphatic heterocycles. The molecule has 0 unspecified atom stereocenters. The third-order valence-corrected chi connectivity index (χ3v) is 1.14. The van der Waals surface area contributed by atoms with E-state index in [2.05, 4.69) is 21.5 Å². The van der Waals surface area contributed by atoms with Crippen LogP contribution in [0.25, 0.3) is 0 Å². The predicted octanol–water partition coefficient (Wildman–Crippen LogP) is -0.772. The molecule has 0 saturated heterocycles. The molecule has 0 radical (unpaired) electrons. The molecule has 10 nitrogen and oxygen atoms in total. The van der Waals surface area contributed by atoms with Gasteiger partial charge in [0.05, 0.1) is 0 Å². The summed E-state index contributed by atoms with van der Waals surface area (Å²) in [6.45, 7) is 5.77. The van der Waals surface area contributed by atoms with Gasteiger partial charge in [0.2, 0.25) is 0 Å². The fraction of sp³-hybridized carbons (Fsp3) is 0. The fourth-order valence-electron chi connectivity index (χ4n) is 0.172. The van der Waals surface area contributed by atoms with Gasteiger partial charge in [-0.2, -0.15) is 25.3 Å². The summed E-state index contributed by atoms with van der Waals surface area (Å²) < 4.78 is 77.0. The van der Waals surface area contributed by atoms with Crippen LogP contribution in [0, 0.1) is 0 Å². The van der Waals surface area contributed by atoms with Gasteiger partial charge in [0.1, 0.15) is 12.5 Å².